The molecule has 0 radical (unpaired) electrons. The van der Waals surface area contributed by atoms with Gasteiger partial charge in [0.05, 0.1) is 5.71 Å². The van der Waals surface area contributed by atoms with Gasteiger partial charge in [-0.1, -0.05) is 50.2 Å². The van der Waals surface area contributed by atoms with Crippen LogP contribution in [0.5, 0.6) is 0 Å². The Bertz CT molecular complexity index is 1050. The van der Waals surface area contributed by atoms with Crippen molar-refractivity contribution in [1.82, 2.24) is 5.43 Å². The average molecular weight is 387 g/mol. The van der Waals surface area contributed by atoms with Crippen LogP contribution in [0.3, 0.4) is 0 Å². The second-order valence-corrected chi connectivity index (χ2v) is 7.42. The van der Waals surface area contributed by atoms with E-state index in [0.717, 1.165) is 22.0 Å². The fraction of sp³-hybridized carbons (Fsp3) is 0.208. The molecule has 29 heavy (non-hydrogen) atoms. The summed E-state index contributed by atoms with van der Waals surface area (Å²) in [4.78, 5) is 24.2. The molecule has 2 amide bonds. The van der Waals surface area contributed by atoms with Crippen molar-refractivity contribution in [2.75, 3.05) is 5.32 Å². The fourth-order valence-electron chi connectivity index (χ4n) is 2.97. The van der Waals surface area contributed by atoms with E-state index in [1.807, 2.05) is 51.1 Å². The third-order valence-electron chi connectivity index (χ3n) is 4.52. The second-order valence-electron chi connectivity index (χ2n) is 7.42. The molecule has 0 aliphatic rings. The summed E-state index contributed by atoms with van der Waals surface area (Å²) < 4.78 is 0. The molecule has 148 valence electrons. The molecule has 3 rings (SSSR count). The lowest BCUT2D eigenvalue weighted by atomic mass is 10.0. The molecule has 0 saturated carbocycles. The smallest absolute Gasteiger partial charge is 0.271 e. The van der Waals surface area contributed by atoms with Crippen LogP contribution in [0.2, 0.25) is 0 Å². The van der Waals surface area contributed by atoms with Crippen molar-refractivity contribution in [2.24, 2.45) is 11.0 Å². The molecule has 0 atom stereocenters. The zero-order valence-electron chi connectivity index (χ0n) is 16.9. The molecule has 5 heteroatoms. The fourth-order valence-corrected chi connectivity index (χ4v) is 2.97. The van der Waals surface area contributed by atoms with Crippen LogP contribution in [0, 0.1) is 5.92 Å². The van der Waals surface area contributed by atoms with Gasteiger partial charge in [-0.3, -0.25) is 9.59 Å². The van der Waals surface area contributed by atoms with Crippen molar-refractivity contribution in [1.29, 1.82) is 0 Å². The van der Waals surface area contributed by atoms with Crippen LogP contribution in [-0.4, -0.2) is 17.5 Å². The van der Waals surface area contributed by atoms with E-state index in [4.69, 9.17) is 0 Å². The highest BCUT2D eigenvalue weighted by molar-refractivity contribution is 6.03. The SMILES string of the molecule is CC(=NNC(=O)c1ccc(NC(=O)CC(C)C)cc1)c1ccc2ccccc2c1. The minimum atomic E-state index is -0.301. The average Bonchev–Trinajstić information content (AvgIpc) is 2.71. The van der Waals surface area contributed by atoms with E-state index >= 15 is 0 Å². The van der Waals surface area contributed by atoms with Crippen LogP contribution in [0.4, 0.5) is 5.69 Å². The molecule has 0 aliphatic carbocycles. The zero-order valence-corrected chi connectivity index (χ0v) is 16.9. The van der Waals surface area contributed by atoms with Gasteiger partial charge < -0.3 is 5.32 Å². The molecular formula is C24H25N3O2. The molecular weight excluding hydrogens is 362 g/mol. The van der Waals surface area contributed by atoms with Crippen LogP contribution in [-0.2, 0) is 4.79 Å². The van der Waals surface area contributed by atoms with Gasteiger partial charge in [0.25, 0.3) is 5.91 Å². The number of nitrogens with zero attached hydrogens (tertiary/aromatic N) is 1. The van der Waals surface area contributed by atoms with Crippen molar-refractivity contribution in [3.8, 4) is 0 Å². The zero-order chi connectivity index (χ0) is 20.8. The largest absolute Gasteiger partial charge is 0.326 e. The molecule has 0 fully saturated rings. The lowest BCUT2D eigenvalue weighted by molar-refractivity contribution is -0.116. The number of nitrogens with one attached hydrogen (secondary N) is 2. The van der Waals surface area contributed by atoms with Gasteiger partial charge >= 0.3 is 0 Å². The lowest BCUT2D eigenvalue weighted by Gasteiger charge is -2.08. The number of hydrogen-bond acceptors (Lipinski definition) is 3. The highest BCUT2D eigenvalue weighted by atomic mass is 16.2. The maximum Gasteiger partial charge on any atom is 0.271 e. The molecule has 0 aromatic heterocycles. The minimum Gasteiger partial charge on any atom is -0.326 e. The Hall–Kier alpha value is -3.47. The molecule has 2 N–H and O–H groups in total. The Morgan fingerprint density at radius 2 is 1.55 bits per heavy atom. The first-order chi connectivity index (χ1) is 13.9. The third kappa shape index (κ3) is 5.51. The number of hydrogen-bond donors (Lipinski definition) is 2. The summed E-state index contributed by atoms with van der Waals surface area (Å²) in [5.41, 5.74) is 5.41. The molecule has 0 aliphatic heterocycles. The number of benzene rings is 3. The normalized spacial score (nSPS) is 11.5. The summed E-state index contributed by atoms with van der Waals surface area (Å²) in [6.07, 6.45) is 0.463. The van der Waals surface area contributed by atoms with Gasteiger partial charge in [0, 0.05) is 17.7 Å². The first-order valence-corrected chi connectivity index (χ1v) is 9.66. The number of carbonyl (C=O) groups is 2. The Balaban J connectivity index is 1.63. The lowest BCUT2D eigenvalue weighted by Crippen LogP contribution is -2.19. The maximum atomic E-state index is 12.4. The van der Waals surface area contributed by atoms with E-state index in [0.29, 0.717) is 23.6 Å². The monoisotopic (exact) mass is 387 g/mol. The van der Waals surface area contributed by atoms with Crippen molar-refractivity contribution in [2.45, 2.75) is 27.2 Å². The van der Waals surface area contributed by atoms with Crippen LogP contribution >= 0.6 is 0 Å². The summed E-state index contributed by atoms with van der Waals surface area (Å²) in [6, 6.07) is 20.9. The predicted molar refractivity (Wildman–Crippen MR) is 118 cm³/mol. The molecule has 3 aromatic carbocycles. The van der Waals surface area contributed by atoms with Crippen molar-refractivity contribution >= 4 is 34.0 Å². The van der Waals surface area contributed by atoms with Crippen LogP contribution in [0.25, 0.3) is 10.8 Å². The quantitative estimate of drug-likeness (QED) is 0.463. The highest BCUT2D eigenvalue weighted by Crippen LogP contribution is 2.16. The molecule has 0 saturated heterocycles. The van der Waals surface area contributed by atoms with Crippen molar-refractivity contribution < 1.29 is 9.59 Å². The summed E-state index contributed by atoms with van der Waals surface area (Å²) in [7, 11) is 0. The Labute approximate surface area is 170 Å². The third-order valence-corrected chi connectivity index (χ3v) is 4.52. The number of anilines is 1. The van der Waals surface area contributed by atoms with E-state index in [1.54, 1.807) is 24.3 Å². The molecule has 3 aromatic rings. The van der Waals surface area contributed by atoms with E-state index in [1.165, 1.54) is 0 Å². The summed E-state index contributed by atoms with van der Waals surface area (Å²) >= 11 is 0. The van der Waals surface area contributed by atoms with Crippen molar-refractivity contribution in [3.63, 3.8) is 0 Å². The molecule has 0 unspecified atom stereocenters. The van der Waals surface area contributed by atoms with Gasteiger partial charge in [-0.2, -0.15) is 5.10 Å². The van der Waals surface area contributed by atoms with E-state index in [2.05, 4.69) is 28.0 Å². The minimum absolute atomic E-state index is 0.0344. The van der Waals surface area contributed by atoms with Crippen LogP contribution in [0.1, 0.15) is 43.1 Å². The van der Waals surface area contributed by atoms with E-state index in [-0.39, 0.29) is 11.8 Å². The molecule has 5 nitrogen and oxygen atoms in total. The highest BCUT2D eigenvalue weighted by Gasteiger charge is 2.08. The summed E-state index contributed by atoms with van der Waals surface area (Å²) in [6.45, 7) is 5.85. The Kier molecular flexibility index (Phi) is 6.39. The van der Waals surface area contributed by atoms with Gasteiger partial charge in [-0.25, -0.2) is 5.43 Å². The first-order valence-electron chi connectivity index (χ1n) is 9.66. The van der Waals surface area contributed by atoms with E-state index in [9.17, 15) is 9.59 Å². The topological polar surface area (TPSA) is 70.6 Å². The molecule has 0 heterocycles. The van der Waals surface area contributed by atoms with Gasteiger partial charge in [0.15, 0.2) is 0 Å². The first kappa shape index (κ1) is 20.3. The van der Waals surface area contributed by atoms with E-state index < -0.39 is 0 Å². The number of hydrazone groups is 1. The number of carbonyl (C=O) groups excluding carboxylic acids is 2. The maximum absolute atomic E-state index is 12.4. The van der Waals surface area contributed by atoms with Gasteiger partial charge in [-0.05, 0) is 59.5 Å². The Morgan fingerprint density at radius 3 is 2.24 bits per heavy atom. The van der Waals surface area contributed by atoms with Crippen LogP contribution in [0.15, 0.2) is 71.8 Å². The van der Waals surface area contributed by atoms with Gasteiger partial charge in [0.2, 0.25) is 5.91 Å². The summed E-state index contributed by atoms with van der Waals surface area (Å²) in [5.74, 6) is -0.0400. The Morgan fingerprint density at radius 1 is 0.897 bits per heavy atom. The molecule has 0 spiro atoms. The number of amides is 2. The van der Waals surface area contributed by atoms with Gasteiger partial charge in [-0.15, -0.1) is 0 Å². The second kappa shape index (κ2) is 9.15. The molecule has 0 bridgehead atoms. The number of fused-ring (bicyclic) bond motifs is 1. The van der Waals surface area contributed by atoms with Crippen LogP contribution < -0.4 is 10.7 Å². The van der Waals surface area contributed by atoms with Gasteiger partial charge in [0.1, 0.15) is 0 Å². The predicted octanol–water partition coefficient (Wildman–Crippen LogP) is 4.98. The standard InChI is InChI=1S/C24H25N3O2/c1-16(2)14-23(28)25-22-12-10-19(11-13-22)24(29)27-26-17(3)20-9-8-18-6-4-5-7-21(18)15-20/h4-13,15-16H,14H2,1-3H3,(H,25,28)(H,27,29). The van der Waals surface area contributed by atoms with Crippen molar-refractivity contribution in [3.05, 3.63) is 77.9 Å². The summed E-state index contributed by atoms with van der Waals surface area (Å²) in [5, 5.41) is 9.34. The number of rotatable bonds is 6.